The van der Waals surface area contributed by atoms with E-state index in [2.05, 4.69) is 10.6 Å². The van der Waals surface area contributed by atoms with E-state index in [1.54, 1.807) is 0 Å². The number of aryl methyl sites for hydroxylation is 2. The summed E-state index contributed by atoms with van der Waals surface area (Å²) in [6, 6.07) is 3.89. The smallest absolute Gasteiger partial charge is 0.251 e. The first-order valence-corrected chi connectivity index (χ1v) is 9.45. The van der Waals surface area contributed by atoms with Gasteiger partial charge in [0.25, 0.3) is 5.91 Å². The number of carbonyl (C=O) groups is 1. The van der Waals surface area contributed by atoms with Crippen molar-refractivity contribution in [3.63, 3.8) is 0 Å². The first kappa shape index (κ1) is 19.7. The van der Waals surface area contributed by atoms with Crippen LogP contribution in [-0.4, -0.2) is 43.9 Å². The van der Waals surface area contributed by atoms with Crippen molar-refractivity contribution >= 4 is 5.91 Å². The highest BCUT2D eigenvalue weighted by Crippen LogP contribution is 2.23. The van der Waals surface area contributed by atoms with Crippen LogP contribution in [0, 0.1) is 19.8 Å². The third-order valence-corrected chi connectivity index (χ3v) is 4.84. The summed E-state index contributed by atoms with van der Waals surface area (Å²) in [6.45, 7) is 7.47. The molecule has 1 aliphatic rings. The molecule has 0 radical (unpaired) electrons. The summed E-state index contributed by atoms with van der Waals surface area (Å²) in [4.78, 5) is 12.3. The van der Waals surface area contributed by atoms with Gasteiger partial charge in [-0.2, -0.15) is 0 Å². The molecule has 0 bridgehead atoms. The van der Waals surface area contributed by atoms with Crippen molar-refractivity contribution in [3.05, 3.63) is 28.8 Å². The highest BCUT2D eigenvalue weighted by molar-refractivity contribution is 5.97. The first-order valence-electron chi connectivity index (χ1n) is 9.45. The zero-order chi connectivity index (χ0) is 18.1. The average Bonchev–Trinajstić information content (AvgIpc) is 2.59. The van der Waals surface area contributed by atoms with Gasteiger partial charge < -0.3 is 20.5 Å². The van der Waals surface area contributed by atoms with Crippen LogP contribution in [0.3, 0.4) is 0 Å². The van der Waals surface area contributed by atoms with Crippen LogP contribution in [0.1, 0.15) is 53.6 Å². The molecule has 140 valence electrons. The summed E-state index contributed by atoms with van der Waals surface area (Å²) >= 11 is 0. The van der Waals surface area contributed by atoms with E-state index >= 15 is 0 Å². The number of hydrogen-bond acceptors (Lipinski definition) is 4. The number of aliphatic hydroxyl groups is 1. The fourth-order valence-electron chi connectivity index (χ4n) is 3.47. The van der Waals surface area contributed by atoms with Gasteiger partial charge in [-0.3, -0.25) is 4.79 Å². The Kier molecular flexibility index (Phi) is 8.22. The molecular weight excluding hydrogens is 316 g/mol. The van der Waals surface area contributed by atoms with Gasteiger partial charge in [-0.15, -0.1) is 0 Å². The zero-order valence-electron chi connectivity index (χ0n) is 15.6. The normalized spacial score (nSPS) is 15.2. The fraction of sp³-hybridized carbons (Fsp3) is 0.650. The lowest BCUT2D eigenvalue weighted by atomic mass is 9.93. The van der Waals surface area contributed by atoms with E-state index in [1.165, 1.54) is 19.3 Å². The standard InChI is InChI=1S/C20H32N2O3/c1-15-13-18(25-12-3-5-17-6-9-21-10-7-17)14-16(2)19(15)20(24)22-8-4-11-23/h13-14,17,21,23H,3-12H2,1-2H3,(H,22,24). The maximum atomic E-state index is 12.3. The van der Waals surface area contributed by atoms with Crippen molar-refractivity contribution in [2.24, 2.45) is 5.92 Å². The summed E-state index contributed by atoms with van der Waals surface area (Å²) in [7, 11) is 0. The molecule has 0 unspecified atom stereocenters. The van der Waals surface area contributed by atoms with E-state index in [9.17, 15) is 4.79 Å². The van der Waals surface area contributed by atoms with Crippen molar-refractivity contribution in [2.75, 3.05) is 32.8 Å². The molecule has 0 aromatic heterocycles. The van der Waals surface area contributed by atoms with Crippen molar-refractivity contribution in [1.82, 2.24) is 10.6 Å². The monoisotopic (exact) mass is 348 g/mol. The van der Waals surface area contributed by atoms with Crippen molar-refractivity contribution in [3.8, 4) is 5.75 Å². The summed E-state index contributed by atoms with van der Waals surface area (Å²) in [6.07, 6.45) is 5.43. The Morgan fingerprint density at radius 2 is 1.92 bits per heavy atom. The predicted octanol–water partition coefficient (Wildman–Crippen LogP) is 2.57. The second kappa shape index (κ2) is 10.4. The van der Waals surface area contributed by atoms with Gasteiger partial charge in [0.05, 0.1) is 6.61 Å². The van der Waals surface area contributed by atoms with Crippen LogP contribution < -0.4 is 15.4 Å². The summed E-state index contributed by atoms with van der Waals surface area (Å²) in [5.74, 6) is 1.59. The Balaban J connectivity index is 1.82. The molecule has 1 aromatic carbocycles. The van der Waals surface area contributed by atoms with E-state index in [0.717, 1.165) is 48.9 Å². The van der Waals surface area contributed by atoms with E-state index in [4.69, 9.17) is 9.84 Å². The maximum absolute atomic E-state index is 12.3. The molecule has 1 aliphatic heterocycles. The largest absolute Gasteiger partial charge is 0.494 e. The van der Waals surface area contributed by atoms with Gasteiger partial charge in [0.1, 0.15) is 5.75 Å². The number of carbonyl (C=O) groups excluding carboxylic acids is 1. The molecule has 0 aliphatic carbocycles. The average molecular weight is 348 g/mol. The number of ether oxygens (including phenoxy) is 1. The van der Waals surface area contributed by atoms with Gasteiger partial charge in [0, 0.05) is 18.7 Å². The SMILES string of the molecule is Cc1cc(OCCCC2CCNCC2)cc(C)c1C(=O)NCCCO. The van der Waals surface area contributed by atoms with Crippen LogP contribution in [0.25, 0.3) is 0 Å². The number of rotatable bonds is 9. The Labute approximate surface area is 151 Å². The Hall–Kier alpha value is -1.59. The van der Waals surface area contributed by atoms with E-state index in [0.29, 0.717) is 18.5 Å². The minimum Gasteiger partial charge on any atom is -0.494 e. The lowest BCUT2D eigenvalue weighted by Gasteiger charge is -2.22. The Bertz CT molecular complexity index is 531. The molecule has 0 atom stereocenters. The van der Waals surface area contributed by atoms with Gasteiger partial charge in [-0.25, -0.2) is 0 Å². The van der Waals surface area contributed by atoms with E-state index in [1.807, 2.05) is 26.0 Å². The fourth-order valence-corrected chi connectivity index (χ4v) is 3.47. The molecule has 1 aromatic rings. The Morgan fingerprint density at radius 1 is 1.24 bits per heavy atom. The maximum Gasteiger partial charge on any atom is 0.251 e. The van der Waals surface area contributed by atoms with Gasteiger partial charge in [-0.1, -0.05) is 0 Å². The topological polar surface area (TPSA) is 70.6 Å². The van der Waals surface area contributed by atoms with Crippen LogP contribution >= 0.6 is 0 Å². The first-order chi connectivity index (χ1) is 12.1. The summed E-state index contributed by atoms with van der Waals surface area (Å²) in [5, 5.41) is 15.1. The van der Waals surface area contributed by atoms with Crippen molar-refractivity contribution in [1.29, 1.82) is 0 Å². The molecule has 0 saturated carbocycles. The Morgan fingerprint density at radius 3 is 2.56 bits per heavy atom. The molecule has 1 fully saturated rings. The van der Waals surface area contributed by atoms with Crippen molar-refractivity contribution in [2.45, 2.75) is 46.0 Å². The van der Waals surface area contributed by atoms with Crippen LogP contribution in [0.15, 0.2) is 12.1 Å². The van der Waals surface area contributed by atoms with Crippen LogP contribution in [0.5, 0.6) is 5.75 Å². The molecule has 1 amide bonds. The molecule has 5 heteroatoms. The molecular formula is C20H32N2O3. The third kappa shape index (κ3) is 6.33. The van der Waals surface area contributed by atoms with Crippen LogP contribution in [0.2, 0.25) is 0 Å². The third-order valence-electron chi connectivity index (χ3n) is 4.84. The zero-order valence-corrected chi connectivity index (χ0v) is 15.6. The number of aliphatic hydroxyl groups excluding tert-OH is 1. The lowest BCUT2D eigenvalue weighted by molar-refractivity contribution is 0.0950. The van der Waals surface area contributed by atoms with Gasteiger partial charge in [0.2, 0.25) is 0 Å². The van der Waals surface area contributed by atoms with Gasteiger partial charge in [-0.05, 0) is 88.2 Å². The molecule has 5 nitrogen and oxygen atoms in total. The second-order valence-electron chi connectivity index (χ2n) is 6.95. The molecule has 2 rings (SSSR count). The quantitative estimate of drug-likeness (QED) is 0.600. The summed E-state index contributed by atoms with van der Waals surface area (Å²) < 4.78 is 5.91. The minimum absolute atomic E-state index is 0.0825. The number of benzene rings is 1. The highest BCUT2D eigenvalue weighted by atomic mass is 16.5. The highest BCUT2D eigenvalue weighted by Gasteiger charge is 2.14. The molecule has 1 saturated heterocycles. The van der Waals surface area contributed by atoms with Gasteiger partial charge in [0.15, 0.2) is 0 Å². The number of piperidine rings is 1. The van der Waals surface area contributed by atoms with E-state index < -0.39 is 0 Å². The number of hydrogen-bond donors (Lipinski definition) is 3. The lowest BCUT2D eigenvalue weighted by Crippen LogP contribution is -2.27. The van der Waals surface area contributed by atoms with Crippen LogP contribution in [0.4, 0.5) is 0 Å². The van der Waals surface area contributed by atoms with E-state index in [-0.39, 0.29) is 12.5 Å². The summed E-state index contributed by atoms with van der Waals surface area (Å²) in [5.41, 5.74) is 2.56. The molecule has 25 heavy (non-hydrogen) atoms. The molecule has 0 spiro atoms. The van der Waals surface area contributed by atoms with Gasteiger partial charge >= 0.3 is 0 Å². The second-order valence-corrected chi connectivity index (χ2v) is 6.95. The van der Waals surface area contributed by atoms with Crippen LogP contribution in [-0.2, 0) is 0 Å². The predicted molar refractivity (Wildman–Crippen MR) is 100 cm³/mol. The minimum atomic E-state index is -0.0825. The molecule has 1 heterocycles. The number of nitrogens with one attached hydrogen (secondary N) is 2. The number of amides is 1. The van der Waals surface area contributed by atoms with Crippen molar-refractivity contribution < 1.29 is 14.6 Å². The molecule has 3 N–H and O–H groups in total.